The lowest BCUT2D eigenvalue weighted by Gasteiger charge is -2.20. The quantitative estimate of drug-likeness (QED) is 0.736. The summed E-state index contributed by atoms with van der Waals surface area (Å²) in [6, 6.07) is 2.30. The fourth-order valence-corrected chi connectivity index (χ4v) is 2.23. The molecule has 1 saturated heterocycles. The number of rotatable bonds is 5. The molecule has 0 bridgehead atoms. The van der Waals surface area contributed by atoms with E-state index in [1.54, 1.807) is 0 Å². The van der Waals surface area contributed by atoms with Crippen molar-refractivity contribution in [1.29, 1.82) is 5.26 Å². The number of hydrogen-bond donors (Lipinski definition) is 0. The van der Waals surface area contributed by atoms with Gasteiger partial charge in [0.05, 0.1) is 11.5 Å². The fourth-order valence-electron chi connectivity index (χ4n) is 2.23. The summed E-state index contributed by atoms with van der Waals surface area (Å²) in [7, 11) is 0. The molecule has 0 saturated carbocycles. The minimum absolute atomic E-state index is 0.264. The molecule has 17 heavy (non-hydrogen) atoms. The van der Waals surface area contributed by atoms with Crippen LogP contribution in [-0.4, -0.2) is 23.9 Å². The first-order valence-electron chi connectivity index (χ1n) is 6.55. The molecular formula is C14H24N2O. The van der Waals surface area contributed by atoms with Crippen molar-refractivity contribution in [2.75, 3.05) is 13.1 Å². The van der Waals surface area contributed by atoms with E-state index in [4.69, 9.17) is 5.26 Å². The molecule has 0 spiro atoms. The van der Waals surface area contributed by atoms with E-state index in [9.17, 15) is 4.79 Å². The Morgan fingerprint density at radius 2 is 2.18 bits per heavy atom. The number of nitrogens with zero attached hydrogens (tertiary/aromatic N) is 2. The average molecular weight is 236 g/mol. The molecule has 0 aromatic rings. The van der Waals surface area contributed by atoms with Crippen LogP contribution in [0.4, 0.5) is 0 Å². The van der Waals surface area contributed by atoms with Crippen molar-refractivity contribution in [1.82, 2.24) is 4.90 Å². The summed E-state index contributed by atoms with van der Waals surface area (Å²) in [5.74, 6) is 1.39. The van der Waals surface area contributed by atoms with Crippen LogP contribution in [0.2, 0.25) is 0 Å². The normalized spacial score (nSPS) is 21.1. The maximum absolute atomic E-state index is 11.8. The van der Waals surface area contributed by atoms with Crippen molar-refractivity contribution < 1.29 is 4.79 Å². The standard InChI is InChI=1S/C14H24N2O/c1-11(2)12-8-13(17)16(9-12)7-5-6-14(3,4)10-15/h11-12H,5-9H2,1-4H3. The van der Waals surface area contributed by atoms with Crippen LogP contribution in [0, 0.1) is 28.6 Å². The number of amides is 1. The Morgan fingerprint density at radius 1 is 1.53 bits per heavy atom. The summed E-state index contributed by atoms with van der Waals surface area (Å²) < 4.78 is 0. The molecule has 0 aliphatic carbocycles. The van der Waals surface area contributed by atoms with Gasteiger partial charge in [-0.2, -0.15) is 5.26 Å². The number of hydrogen-bond acceptors (Lipinski definition) is 2. The molecule has 0 radical (unpaired) electrons. The highest BCUT2D eigenvalue weighted by atomic mass is 16.2. The molecule has 1 unspecified atom stereocenters. The van der Waals surface area contributed by atoms with Gasteiger partial charge >= 0.3 is 0 Å². The van der Waals surface area contributed by atoms with E-state index in [1.807, 2.05) is 18.7 Å². The van der Waals surface area contributed by atoms with Crippen molar-refractivity contribution in [2.45, 2.75) is 47.0 Å². The monoisotopic (exact) mass is 236 g/mol. The van der Waals surface area contributed by atoms with E-state index < -0.39 is 0 Å². The van der Waals surface area contributed by atoms with E-state index in [1.165, 1.54) is 0 Å². The van der Waals surface area contributed by atoms with E-state index in [-0.39, 0.29) is 5.41 Å². The lowest BCUT2D eigenvalue weighted by Crippen LogP contribution is -2.27. The Morgan fingerprint density at radius 3 is 2.65 bits per heavy atom. The van der Waals surface area contributed by atoms with Crippen molar-refractivity contribution in [2.24, 2.45) is 17.3 Å². The van der Waals surface area contributed by atoms with Gasteiger partial charge < -0.3 is 4.90 Å². The van der Waals surface area contributed by atoms with Crippen molar-refractivity contribution in [3.8, 4) is 6.07 Å². The molecule has 3 nitrogen and oxygen atoms in total. The van der Waals surface area contributed by atoms with E-state index in [0.717, 1.165) is 25.9 Å². The van der Waals surface area contributed by atoms with Crippen LogP contribution in [0.5, 0.6) is 0 Å². The Kier molecular flexibility index (Phi) is 4.56. The lowest BCUT2D eigenvalue weighted by atomic mass is 9.90. The average Bonchev–Trinajstić information content (AvgIpc) is 2.60. The van der Waals surface area contributed by atoms with Crippen LogP contribution in [0.15, 0.2) is 0 Å². The first-order chi connectivity index (χ1) is 7.85. The summed E-state index contributed by atoms with van der Waals surface area (Å²) >= 11 is 0. The zero-order valence-electron chi connectivity index (χ0n) is 11.5. The highest BCUT2D eigenvalue weighted by molar-refractivity contribution is 5.78. The maximum atomic E-state index is 11.8. The Hall–Kier alpha value is -1.04. The van der Waals surface area contributed by atoms with Crippen molar-refractivity contribution in [3.05, 3.63) is 0 Å². The molecule has 96 valence electrons. The van der Waals surface area contributed by atoms with E-state index >= 15 is 0 Å². The van der Waals surface area contributed by atoms with E-state index in [0.29, 0.717) is 24.2 Å². The third-order valence-corrected chi connectivity index (χ3v) is 3.72. The Labute approximate surface area is 105 Å². The van der Waals surface area contributed by atoms with Gasteiger partial charge in [-0.1, -0.05) is 13.8 Å². The summed E-state index contributed by atoms with van der Waals surface area (Å²) in [6.45, 7) is 9.99. The molecular weight excluding hydrogens is 212 g/mol. The SMILES string of the molecule is CC(C)C1CC(=O)N(CCCC(C)(C)C#N)C1. The fraction of sp³-hybridized carbons (Fsp3) is 0.857. The zero-order valence-corrected chi connectivity index (χ0v) is 11.5. The first-order valence-corrected chi connectivity index (χ1v) is 6.55. The molecule has 1 amide bonds. The largest absolute Gasteiger partial charge is 0.342 e. The smallest absolute Gasteiger partial charge is 0.222 e. The second kappa shape index (κ2) is 5.53. The second-order valence-corrected chi connectivity index (χ2v) is 6.15. The summed E-state index contributed by atoms with van der Waals surface area (Å²) in [4.78, 5) is 13.7. The van der Waals surface area contributed by atoms with Gasteiger partial charge in [0.2, 0.25) is 5.91 Å². The Bertz CT molecular complexity index is 315. The van der Waals surface area contributed by atoms with Gasteiger partial charge in [0.25, 0.3) is 0 Å². The number of nitriles is 1. The molecule has 1 rings (SSSR count). The molecule has 0 aromatic carbocycles. The van der Waals surface area contributed by atoms with Crippen LogP contribution in [0.3, 0.4) is 0 Å². The summed E-state index contributed by atoms with van der Waals surface area (Å²) in [5.41, 5.74) is -0.264. The minimum Gasteiger partial charge on any atom is -0.342 e. The van der Waals surface area contributed by atoms with Gasteiger partial charge in [0.15, 0.2) is 0 Å². The molecule has 1 aliphatic rings. The molecule has 3 heteroatoms. The van der Waals surface area contributed by atoms with Crippen molar-refractivity contribution >= 4 is 5.91 Å². The lowest BCUT2D eigenvalue weighted by molar-refractivity contribution is -0.127. The molecule has 0 N–H and O–H groups in total. The van der Waals surface area contributed by atoms with Gasteiger partial charge in [-0.25, -0.2) is 0 Å². The first kappa shape index (κ1) is 14.0. The minimum atomic E-state index is -0.264. The van der Waals surface area contributed by atoms with Crippen LogP contribution < -0.4 is 0 Å². The zero-order chi connectivity index (χ0) is 13.1. The number of likely N-dealkylation sites (tertiary alicyclic amines) is 1. The van der Waals surface area contributed by atoms with Gasteiger partial charge in [-0.3, -0.25) is 4.79 Å². The second-order valence-electron chi connectivity index (χ2n) is 6.15. The summed E-state index contributed by atoms with van der Waals surface area (Å²) in [6.07, 6.45) is 2.50. The number of carbonyl (C=O) groups excluding carboxylic acids is 1. The van der Waals surface area contributed by atoms with E-state index in [2.05, 4.69) is 19.9 Å². The molecule has 1 heterocycles. The summed E-state index contributed by atoms with van der Waals surface area (Å²) in [5, 5.41) is 8.92. The molecule has 0 aromatic heterocycles. The van der Waals surface area contributed by atoms with Crippen LogP contribution in [0.1, 0.15) is 47.0 Å². The van der Waals surface area contributed by atoms with Gasteiger partial charge in [-0.05, 0) is 38.5 Å². The van der Waals surface area contributed by atoms with Gasteiger partial charge in [0, 0.05) is 19.5 Å². The third kappa shape index (κ3) is 4.03. The third-order valence-electron chi connectivity index (χ3n) is 3.72. The van der Waals surface area contributed by atoms with Crippen molar-refractivity contribution in [3.63, 3.8) is 0 Å². The molecule has 1 aliphatic heterocycles. The molecule has 1 fully saturated rings. The number of carbonyl (C=O) groups is 1. The van der Waals surface area contributed by atoms with Gasteiger partial charge in [-0.15, -0.1) is 0 Å². The molecule has 1 atom stereocenters. The predicted molar refractivity (Wildman–Crippen MR) is 68.2 cm³/mol. The Balaban J connectivity index is 2.34. The highest BCUT2D eigenvalue weighted by Gasteiger charge is 2.31. The van der Waals surface area contributed by atoms with Crippen LogP contribution >= 0.6 is 0 Å². The van der Waals surface area contributed by atoms with Gasteiger partial charge in [0.1, 0.15) is 0 Å². The maximum Gasteiger partial charge on any atom is 0.222 e. The van der Waals surface area contributed by atoms with Crippen LogP contribution in [0.25, 0.3) is 0 Å². The predicted octanol–water partition coefficient (Wildman–Crippen LogP) is 2.82. The van der Waals surface area contributed by atoms with Crippen LogP contribution in [-0.2, 0) is 4.79 Å². The topological polar surface area (TPSA) is 44.1 Å². The highest BCUT2D eigenvalue weighted by Crippen LogP contribution is 2.26.